The first-order chi connectivity index (χ1) is 7.11. The minimum Gasteiger partial charge on any atom is -0.314 e. The van der Waals surface area contributed by atoms with Crippen LogP contribution in [-0.2, 0) is 6.42 Å². The van der Waals surface area contributed by atoms with Gasteiger partial charge < -0.3 is 5.32 Å². The highest BCUT2D eigenvalue weighted by atomic mass is 32.1. The van der Waals surface area contributed by atoms with E-state index >= 15 is 0 Å². The predicted octanol–water partition coefficient (Wildman–Crippen LogP) is 2.84. The minimum atomic E-state index is 0.119. The number of benzene rings is 1. The van der Waals surface area contributed by atoms with Crippen LogP contribution >= 0.6 is 11.3 Å². The van der Waals surface area contributed by atoms with E-state index in [0.717, 1.165) is 11.9 Å². The highest BCUT2D eigenvalue weighted by Crippen LogP contribution is 2.24. The van der Waals surface area contributed by atoms with Gasteiger partial charge in [-0.25, -0.2) is 4.98 Å². The molecule has 0 spiro atoms. The second-order valence-electron chi connectivity index (χ2n) is 4.39. The Morgan fingerprint density at radius 1 is 1.33 bits per heavy atom. The van der Waals surface area contributed by atoms with E-state index in [1.165, 1.54) is 9.71 Å². The summed E-state index contributed by atoms with van der Waals surface area (Å²) in [7, 11) is 1.99. The number of nitrogens with zero attached hydrogens (tertiary/aromatic N) is 1. The van der Waals surface area contributed by atoms with Crippen molar-refractivity contribution in [2.75, 3.05) is 7.05 Å². The Morgan fingerprint density at radius 3 is 2.73 bits per heavy atom. The molecule has 1 aromatic carbocycles. The van der Waals surface area contributed by atoms with Gasteiger partial charge in [-0.2, -0.15) is 0 Å². The zero-order valence-corrected chi connectivity index (χ0v) is 10.2. The molecule has 0 saturated carbocycles. The molecular weight excluding hydrogens is 204 g/mol. The van der Waals surface area contributed by atoms with Gasteiger partial charge in [0.1, 0.15) is 0 Å². The normalized spacial score (nSPS) is 12.2. The summed E-state index contributed by atoms with van der Waals surface area (Å²) in [4.78, 5) is 4.62. The lowest BCUT2D eigenvalue weighted by atomic mass is 10.0. The van der Waals surface area contributed by atoms with Crippen molar-refractivity contribution in [1.82, 2.24) is 10.3 Å². The third kappa shape index (κ3) is 2.36. The first-order valence-electron chi connectivity index (χ1n) is 5.14. The summed E-state index contributed by atoms with van der Waals surface area (Å²) in [5.41, 5.74) is 1.23. The third-order valence-corrected chi connectivity index (χ3v) is 3.64. The number of fused-ring (bicyclic) bond motifs is 1. The van der Waals surface area contributed by atoms with Crippen LogP contribution in [0.1, 0.15) is 18.9 Å². The van der Waals surface area contributed by atoms with Gasteiger partial charge in [0.2, 0.25) is 0 Å². The van der Waals surface area contributed by atoms with Crippen molar-refractivity contribution in [2.24, 2.45) is 0 Å². The molecule has 0 amide bonds. The molecular formula is C12H16N2S. The molecule has 0 unspecified atom stereocenters. The predicted molar refractivity (Wildman–Crippen MR) is 66.5 cm³/mol. The summed E-state index contributed by atoms with van der Waals surface area (Å²) in [6.45, 7) is 4.39. The van der Waals surface area contributed by atoms with Crippen LogP contribution in [0.15, 0.2) is 24.3 Å². The molecule has 80 valence electrons. The fourth-order valence-electron chi connectivity index (χ4n) is 1.46. The summed E-state index contributed by atoms with van der Waals surface area (Å²) >= 11 is 1.79. The van der Waals surface area contributed by atoms with Gasteiger partial charge in [-0.1, -0.05) is 12.1 Å². The van der Waals surface area contributed by atoms with Crippen molar-refractivity contribution in [3.8, 4) is 0 Å². The largest absolute Gasteiger partial charge is 0.314 e. The molecule has 1 heterocycles. The number of para-hydroxylation sites is 1. The lowest BCUT2D eigenvalue weighted by molar-refractivity contribution is 0.421. The van der Waals surface area contributed by atoms with Gasteiger partial charge in [-0.3, -0.25) is 0 Å². The van der Waals surface area contributed by atoms with Crippen molar-refractivity contribution in [1.29, 1.82) is 0 Å². The molecule has 0 aliphatic rings. The number of aromatic nitrogens is 1. The van der Waals surface area contributed by atoms with Crippen molar-refractivity contribution < 1.29 is 0 Å². The zero-order chi connectivity index (χ0) is 10.9. The molecule has 2 aromatic rings. The minimum absolute atomic E-state index is 0.119. The highest BCUT2D eigenvalue weighted by molar-refractivity contribution is 7.18. The van der Waals surface area contributed by atoms with Crippen molar-refractivity contribution in [3.05, 3.63) is 29.3 Å². The molecule has 0 radical (unpaired) electrons. The number of hydrogen-bond donors (Lipinski definition) is 1. The van der Waals surface area contributed by atoms with E-state index in [4.69, 9.17) is 0 Å². The Labute approximate surface area is 94.3 Å². The van der Waals surface area contributed by atoms with Gasteiger partial charge in [-0.05, 0) is 33.0 Å². The third-order valence-electron chi connectivity index (χ3n) is 2.61. The molecule has 3 heteroatoms. The smallest absolute Gasteiger partial charge is 0.0956 e. The Kier molecular flexibility index (Phi) is 2.76. The van der Waals surface area contributed by atoms with Crippen molar-refractivity contribution in [2.45, 2.75) is 25.8 Å². The molecule has 0 bridgehead atoms. The highest BCUT2D eigenvalue weighted by Gasteiger charge is 2.17. The maximum absolute atomic E-state index is 4.62. The number of hydrogen-bond acceptors (Lipinski definition) is 3. The molecule has 0 saturated heterocycles. The monoisotopic (exact) mass is 220 g/mol. The van der Waals surface area contributed by atoms with E-state index < -0.39 is 0 Å². The van der Waals surface area contributed by atoms with Gasteiger partial charge in [0.05, 0.1) is 15.2 Å². The van der Waals surface area contributed by atoms with Gasteiger partial charge in [0, 0.05) is 12.0 Å². The standard InChI is InChI=1S/C12H16N2S/c1-12(2,13-3)8-11-14-9-6-4-5-7-10(9)15-11/h4-7,13H,8H2,1-3H3. The maximum Gasteiger partial charge on any atom is 0.0956 e. The molecule has 1 aromatic heterocycles. The van der Waals surface area contributed by atoms with E-state index in [-0.39, 0.29) is 5.54 Å². The van der Waals surface area contributed by atoms with Crippen LogP contribution in [0.5, 0.6) is 0 Å². The summed E-state index contributed by atoms with van der Waals surface area (Å²) in [5.74, 6) is 0. The van der Waals surface area contributed by atoms with Crippen molar-refractivity contribution >= 4 is 21.6 Å². The summed E-state index contributed by atoms with van der Waals surface area (Å²) < 4.78 is 1.28. The van der Waals surface area contributed by atoms with Crippen LogP contribution in [0.25, 0.3) is 10.2 Å². The van der Waals surface area contributed by atoms with E-state index in [2.05, 4.69) is 42.3 Å². The molecule has 15 heavy (non-hydrogen) atoms. The molecule has 2 nitrogen and oxygen atoms in total. The van der Waals surface area contributed by atoms with Crippen LogP contribution in [0, 0.1) is 0 Å². The van der Waals surface area contributed by atoms with E-state index in [1.54, 1.807) is 11.3 Å². The van der Waals surface area contributed by atoms with Gasteiger partial charge in [0.25, 0.3) is 0 Å². The lowest BCUT2D eigenvalue weighted by Crippen LogP contribution is -2.38. The van der Waals surface area contributed by atoms with Crippen LogP contribution in [-0.4, -0.2) is 17.6 Å². The molecule has 1 N–H and O–H groups in total. The maximum atomic E-state index is 4.62. The molecule has 0 aliphatic heterocycles. The first kappa shape index (κ1) is 10.6. The van der Waals surface area contributed by atoms with E-state index in [0.29, 0.717) is 0 Å². The van der Waals surface area contributed by atoms with Crippen LogP contribution in [0.2, 0.25) is 0 Å². The van der Waals surface area contributed by atoms with Crippen LogP contribution in [0.4, 0.5) is 0 Å². The molecule has 0 fully saturated rings. The SMILES string of the molecule is CNC(C)(C)Cc1nc2ccccc2s1. The van der Waals surface area contributed by atoms with E-state index in [9.17, 15) is 0 Å². The topological polar surface area (TPSA) is 24.9 Å². The number of likely N-dealkylation sites (N-methyl/N-ethyl adjacent to an activating group) is 1. The summed E-state index contributed by atoms with van der Waals surface area (Å²) in [5, 5.41) is 4.51. The fourth-order valence-corrected chi connectivity index (χ4v) is 2.66. The van der Waals surface area contributed by atoms with Crippen LogP contribution in [0.3, 0.4) is 0 Å². The Morgan fingerprint density at radius 2 is 2.07 bits per heavy atom. The summed E-state index contributed by atoms with van der Waals surface area (Å²) in [6, 6.07) is 8.30. The Balaban J connectivity index is 2.30. The number of thiazole rings is 1. The van der Waals surface area contributed by atoms with Gasteiger partial charge in [0.15, 0.2) is 0 Å². The fraction of sp³-hybridized carbons (Fsp3) is 0.417. The van der Waals surface area contributed by atoms with E-state index in [1.807, 2.05) is 13.1 Å². The molecule has 2 rings (SSSR count). The number of nitrogens with one attached hydrogen (secondary N) is 1. The quantitative estimate of drug-likeness (QED) is 0.860. The van der Waals surface area contributed by atoms with Gasteiger partial charge in [-0.15, -0.1) is 11.3 Å². The molecule has 0 atom stereocenters. The lowest BCUT2D eigenvalue weighted by Gasteiger charge is -2.22. The average molecular weight is 220 g/mol. The average Bonchev–Trinajstić information content (AvgIpc) is 2.58. The van der Waals surface area contributed by atoms with Crippen molar-refractivity contribution in [3.63, 3.8) is 0 Å². The second kappa shape index (κ2) is 3.91. The van der Waals surface area contributed by atoms with Gasteiger partial charge >= 0.3 is 0 Å². The Hall–Kier alpha value is -0.930. The summed E-state index contributed by atoms with van der Waals surface area (Å²) in [6.07, 6.45) is 0.975. The number of rotatable bonds is 3. The second-order valence-corrected chi connectivity index (χ2v) is 5.50. The first-order valence-corrected chi connectivity index (χ1v) is 5.96. The zero-order valence-electron chi connectivity index (χ0n) is 9.37. The Bertz CT molecular complexity index is 426. The van der Waals surface area contributed by atoms with Crippen LogP contribution < -0.4 is 5.32 Å². The molecule has 0 aliphatic carbocycles.